The van der Waals surface area contributed by atoms with Crippen molar-refractivity contribution in [3.05, 3.63) is 35.4 Å². The highest BCUT2D eigenvalue weighted by Gasteiger charge is 2.23. The van der Waals surface area contributed by atoms with Gasteiger partial charge in [-0.1, -0.05) is 38.1 Å². The molecule has 1 heterocycles. The molecule has 1 heteroatoms. The predicted octanol–water partition coefficient (Wildman–Crippen LogP) is 3.62. The molecule has 1 unspecified atom stereocenters. The summed E-state index contributed by atoms with van der Waals surface area (Å²) in [6, 6.07) is 10.1. The zero-order chi connectivity index (χ0) is 10.8. The lowest BCUT2D eigenvalue weighted by Crippen LogP contribution is -2.21. The number of benzene rings is 1. The molecule has 0 radical (unpaired) electrons. The Morgan fingerprint density at radius 2 is 1.93 bits per heavy atom. The van der Waals surface area contributed by atoms with Gasteiger partial charge in [-0.2, -0.15) is 0 Å². The summed E-state index contributed by atoms with van der Waals surface area (Å²) in [5, 5.41) is 3.67. The van der Waals surface area contributed by atoms with Crippen LogP contribution in [0, 0.1) is 0 Å². The fourth-order valence-electron chi connectivity index (χ4n) is 2.53. The van der Waals surface area contributed by atoms with Crippen LogP contribution in [0.25, 0.3) is 0 Å². The summed E-state index contributed by atoms with van der Waals surface area (Å²) in [5.41, 5.74) is 3.01. The van der Waals surface area contributed by atoms with Crippen molar-refractivity contribution >= 4 is 0 Å². The molecule has 15 heavy (non-hydrogen) atoms. The number of rotatable bonds is 2. The van der Waals surface area contributed by atoms with Gasteiger partial charge in [0.2, 0.25) is 0 Å². The van der Waals surface area contributed by atoms with Gasteiger partial charge in [-0.15, -0.1) is 0 Å². The van der Waals surface area contributed by atoms with Crippen LogP contribution in [0.2, 0.25) is 0 Å². The second-order valence-corrected chi connectivity index (χ2v) is 4.98. The predicted molar refractivity (Wildman–Crippen MR) is 65.1 cm³/mol. The maximum absolute atomic E-state index is 3.67. The van der Waals surface area contributed by atoms with Crippen LogP contribution in [-0.4, -0.2) is 6.04 Å². The molecule has 0 bridgehead atoms. The van der Waals surface area contributed by atoms with Crippen molar-refractivity contribution < 1.29 is 0 Å². The SMILES string of the molecule is CC(C)c1ccccc1C1CC[C@@H](C)N1. The normalized spacial score (nSPS) is 26.1. The fraction of sp³-hybridized carbons (Fsp3) is 0.571. The number of nitrogens with one attached hydrogen (secondary N) is 1. The maximum Gasteiger partial charge on any atom is 0.0325 e. The van der Waals surface area contributed by atoms with E-state index in [1.54, 1.807) is 0 Å². The smallest absolute Gasteiger partial charge is 0.0325 e. The van der Waals surface area contributed by atoms with Crippen LogP contribution in [0.5, 0.6) is 0 Å². The summed E-state index contributed by atoms with van der Waals surface area (Å²) in [6.45, 7) is 6.83. The Kier molecular flexibility index (Phi) is 3.11. The van der Waals surface area contributed by atoms with Crippen molar-refractivity contribution in [1.82, 2.24) is 5.32 Å². The number of hydrogen-bond donors (Lipinski definition) is 1. The second kappa shape index (κ2) is 4.36. The average Bonchev–Trinajstić information content (AvgIpc) is 2.65. The summed E-state index contributed by atoms with van der Waals surface area (Å²) in [5.74, 6) is 0.624. The molecule has 2 rings (SSSR count). The first-order valence-electron chi connectivity index (χ1n) is 6.03. The van der Waals surface area contributed by atoms with Crippen LogP contribution in [0.1, 0.15) is 56.7 Å². The Morgan fingerprint density at radius 3 is 2.53 bits per heavy atom. The van der Waals surface area contributed by atoms with Crippen LogP contribution >= 0.6 is 0 Å². The molecule has 0 saturated carbocycles. The lowest BCUT2D eigenvalue weighted by molar-refractivity contribution is 0.578. The van der Waals surface area contributed by atoms with E-state index in [0.29, 0.717) is 18.0 Å². The van der Waals surface area contributed by atoms with Gasteiger partial charge in [-0.25, -0.2) is 0 Å². The minimum Gasteiger partial charge on any atom is -0.307 e. The van der Waals surface area contributed by atoms with Gasteiger partial charge in [-0.05, 0) is 36.8 Å². The average molecular weight is 203 g/mol. The Balaban J connectivity index is 2.27. The van der Waals surface area contributed by atoms with Gasteiger partial charge < -0.3 is 5.32 Å². The third-order valence-electron chi connectivity index (χ3n) is 3.37. The molecule has 0 amide bonds. The van der Waals surface area contributed by atoms with Gasteiger partial charge in [0.25, 0.3) is 0 Å². The molecule has 1 saturated heterocycles. The molecule has 1 nitrogen and oxygen atoms in total. The van der Waals surface area contributed by atoms with Crippen LogP contribution in [0.4, 0.5) is 0 Å². The summed E-state index contributed by atoms with van der Waals surface area (Å²) in [4.78, 5) is 0. The highest BCUT2D eigenvalue weighted by Crippen LogP contribution is 2.31. The molecule has 0 spiro atoms. The van der Waals surface area contributed by atoms with Crippen LogP contribution < -0.4 is 5.32 Å². The summed E-state index contributed by atoms with van der Waals surface area (Å²) in [6.07, 6.45) is 2.59. The summed E-state index contributed by atoms with van der Waals surface area (Å²) < 4.78 is 0. The minimum atomic E-state index is 0.582. The third-order valence-corrected chi connectivity index (χ3v) is 3.37. The van der Waals surface area contributed by atoms with Gasteiger partial charge >= 0.3 is 0 Å². The van der Waals surface area contributed by atoms with E-state index in [2.05, 4.69) is 50.4 Å². The Bertz CT molecular complexity index is 330. The molecule has 1 aromatic carbocycles. The maximum atomic E-state index is 3.67. The fourth-order valence-corrected chi connectivity index (χ4v) is 2.53. The number of hydrogen-bond acceptors (Lipinski definition) is 1. The second-order valence-electron chi connectivity index (χ2n) is 4.98. The van der Waals surface area contributed by atoms with Crippen LogP contribution in [0.3, 0.4) is 0 Å². The topological polar surface area (TPSA) is 12.0 Å². The summed E-state index contributed by atoms with van der Waals surface area (Å²) >= 11 is 0. The molecule has 2 atom stereocenters. The van der Waals surface area contributed by atoms with Crippen molar-refractivity contribution in [2.75, 3.05) is 0 Å². The van der Waals surface area contributed by atoms with E-state index in [1.165, 1.54) is 24.0 Å². The molecule has 0 aromatic heterocycles. The van der Waals surface area contributed by atoms with E-state index in [4.69, 9.17) is 0 Å². The van der Waals surface area contributed by atoms with E-state index in [9.17, 15) is 0 Å². The first kappa shape index (κ1) is 10.7. The highest BCUT2D eigenvalue weighted by molar-refractivity contribution is 5.33. The molecule has 0 aliphatic carbocycles. The van der Waals surface area contributed by atoms with Gasteiger partial charge in [-0.3, -0.25) is 0 Å². The van der Waals surface area contributed by atoms with Crippen molar-refractivity contribution in [3.8, 4) is 0 Å². The highest BCUT2D eigenvalue weighted by atomic mass is 15.0. The molecule has 1 aromatic rings. The minimum absolute atomic E-state index is 0.582. The lowest BCUT2D eigenvalue weighted by Gasteiger charge is -2.18. The summed E-state index contributed by atoms with van der Waals surface area (Å²) in [7, 11) is 0. The third kappa shape index (κ3) is 2.23. The Labute approximate surface area is 92.9 Å². The molecule has 82 valence electrons. The Hall–Kier alpha value is -0.820. The van der Waals surface area contributed by atoms with Gasteiger partial charge in [0.15, 0.2) is 0 Å². The lowest BCUT2D eigenvalue weighted by atomic mass is 9.92. The zero-order valence-corrected chi connectivity index (χ0v) is 9.96. The van der Waals surface area contributed by atoms with E-state index in [-0.39, 0.29) is 0 Å². The van der Waals surface area contributed by atoms with E-state index in [0.717, 1.165) is 0 Å². The van der Waals surface area contributed by atoms with Gasteiger partial charge in [0, 0.05) is 12.1 Å². The standard InChI is InChI=1S/C14H21N/c1-10(2)12-6-4-5-7-13(12)14-9-8-11(3)15-14/h4-7,10-11,14-15H,8-9H2,1-3H3/t11-,14?/m1/s1. The molecule has 1 aliphatic heterocycles. The monoisotopic (exact) mass is 203 g/mol. The van der Waals surface area contributed by atoms with Gasteiger partial charge in [0.05, 0.1) is 0 Å². The van der Waals surface area contributed by atoms with E-state index < -0.39 is 0 Å². The largest absolute Gasteiger partial charge is 0.307 e. The molecule has 1 N–H and O–H groups in total. The Morgan fingerprint density at radius 1 is 1.20 bits per heavy atom. The molecule has 1 aliphatic rings. The first-order chi connectivity index (χ1) is 7.18. The van der Waals surface area contributed by atoms with Crippen molar-refractivity contribution in [2.24, 2.45) is 0 Å². The zero-order valence-electron chi connectivity index (χ0n) is 9.96. The van der Waals surface area contributed by atoms with Crippen molar-refractivity contribution in [3.63, 3.8) is 0 Å². The molecular weight excluding hydrogens is 182 g/mol. The molecule has 1 fully saturated rings. The first-order valence-corrected chi connectivity index (χ1v) is 6.03. The van der Waals surface area contributed by atoms with E-state index in [1.807, 2.05) is 0 Å². The van der Waals surface area contributed by atoms with Crippen LogP contribution in [-0.2, 0) is 0 Å². The van der Waals surface area contributed by atoms with Crippen molar-refractivity contribution in [2.45, 2.75) is 51.6 Å². The van der Waals surface area contributed by atoms with Gasteiger partial charge in [0.1, 0.15) is 0 Å². The quantitative estimate of drug-likeness (QED) is 0.774. The van der Waals surface area contributed by atoms with E-state index >= 15 is 0 Å². The molecular formula is C14H21N. The van der Waals surface area contributed by atoms with Crippen LogP contribution in [0.15, 0.2) is 24.3 Å². The van der Waals surface area contributed by atoms with Crippen molar-refractivity contribution in [1.29, 1.82) is 0 Å².